The van der Waals surface area contributed by atoms with E-state index in [9.17, 15) is 8.42 Å². The van der Waals surface area contributed by atoms with E-state index in [2.05, 4.69) is 10.2 Å². The van der Waals surface area contributed by atoms with Crippen molar-refractivity contribution in [2.75, 3.05) is 31.9 Å². The predicted molar refractivity (Wildman–Crippen MR) is 84.1 cm³/mol. The van der Waals surface area contributed by atoms with Crippen molar-refractivity contribution >= 4 is 9.84 Å². The standard InChI is InChI=1S/C16H24N2O2S/c19-21(20)13-8-15(14-6-1-2-7-16(14)21)17-9-5-12-18-10-3-4-11-18/h1-2,6-7,15,17H,3-5,8-13H2. The predicted octanol–water partition coefficient (Wildman–Crippen LogP) is 1.98. The highest BCUT2D eigenvalue weighted by Crippen LogP contribution is 2.31. The Balaban J connectivity index is 1.56. The van der Waals surface area contributed by atoms with Gasteiger partial charge in [0.05, 0.1) is 10.6 Å². The van der Waals surface area contributed by atoms with E-state index >= 15 is 0 Å². The molecular formula is C16H24N2O2S. The Morgan fingerprint density at radius 2 is 1.95 bits per heavy atom. The number of sulfone groups is 1. The van der Waals surface area contributed by atoms with E-state index in [0.717, 1.165) is 25.1 Å². The molecule has 0 radical (unpaired) electrons. The number of nitrogens with zero attached hydrogens (tertiary/aromatic N) is 1. The number of likely N-dealkylation sites (tertiary alicyclic amines) is 1. The molecule has 0 aliphatic carbocycles. The molecule has 2 heterocycles. The molecule has 5 heteroatoms. The summed E-state index contributed by atoms with van der Waals surface area (Å²) in [5.41, 5.74) is 0.949. The summed E-state index contributed by atoms with van der Waals surface area (Å²) in [4.78, 5) is 3.04. The highest BCUT2D eigenvalue weighted by molar-refractivity contribution is 7.91. The van der Waals surface area contributed by atoms with Crippen molar-refractivity contribution in [2.24, 2.45) is 0 Å². The van der Waals surface area contributed by atoms with Crippen LogP contribution in [0, 0.1) is 0 Å². The van der Waals surface area contributed by atoms with Crippen LogP contribution in [0.15, 0.2) is 29.2 Å². The van der Waals surface area contributed by atoms with E-state index < -0.39 is 9.84 Å². The minimum Gasteiger partial charge on any atom is -0.310 e. The molecule has 0 saturated carbocycles. The third kappa shape index (κ3) is 3.47. The zero-order valence-corrected chi connectivity index (χ0v) is 13.2. The van der Waals surface area contributed by atoms with Crippen molar-refractivity contribution in [2.45, 2.75) is 36.6 Å². The van der Waals surface area contributed by atoms with Gasteiger partial charge in [-0.15, -0.1) is 0 Å². The normalized spacial score (nSPS) is 24.9. The van der Waals surface area contributed by atoms with Crippen LogP contribution in [0.4, 0.5) is 0 Å². The van der Waals surface area contributed by atoms with Gasteiger partial charge in [-0.3, -0.25) is 0 Å². The second-order valence-electron chi connectivity index (χ2n) is 6.05. The first-order valence-electron chi connectivity index (χ1n) is 7.94. The average molecular weight is 308 g/mol. The lowest BCUT2D eigenvalue weighted by atomic mass is 10.0. The van der Waals surface area contributed by atoms with E-state index in [1.165, 1.54) is 25.9 Å². The zero-order valence-electron chi connectivity index (χ0n) is 12.4. The lowest BCUT2D eigenvalue weighted by Gasteiger charge is -2.26. The van der Waals surface area contributed by atoms with E-state index in [4.69, 9.17) is 0 Å². The van der Waals surface area contributed by atoms with Gasteiger partial charge in [0, 0.05) is 6.04 Å². The summed E-state index contributed by atoms with van der Waals surface area (Å²) in [6.45, 7) is 4.59. The maximum atomic E-state index is 12.1. The summed E-state index contributed by atoms with van der Waals surface area (Å²) < 4.78 is 24.2. The second-order valence-corrected chi connectivity index (χ2v) is 8.13. The molecule has 4 nitrogen and oxygen atoms in total. The molecule has 1 N–H and O–H groups in total. The number of benzene rings is 1. The van der Waals surface area contributed by atoms with Crippen molar-refractivity contribution in [1.82, 2.24) is 10.2 Å². The molecule has 2 aliphatic rings. The van der Waals surface area contributed by atoms with E-state index in [0.29, 0.717) is 11.3 Å². The smallest absolute Gasteiger partial charge is 0.178 e. The van der Waals surface area contributed by atoms with Crippen LogP contribution in [0.2, 0.25) is 0 Å². The summed E-state index contributed by atoms with van der Waals surface area (Å²) >= 11 is 0. The highest BCUT2D eigenvalue weighted by atomic mass is 32.2. The maximum absolute atomic E-state index is 12.1. The molecule has 116 valence electrons. The average Bonchev–Trinajstić information content (AvgIpc) is 2.99. The van der Waals surface area contributed by atoms with Gasteiger partial charge < -0.3 is 10.2 Å². The second kappa shape index (κ2) is 6.46. The molecule has 0 spiro atoms. The zero-order chi connectivity index (χ0) is 14.7. The van der Waals surface area contributed by atoms with Gasteiger partial charge in [0.15, 0.2) is 9.84 Å². The lowest BCUT2D eigenvalue weighted by molar-refractivity contribution is 0.326. The third-order valence-corrected chi connectivity index (χ3v) is 6.36. The minimum absolute atomic E-state index is 0.184. The van der Waals surface area contributed by atoms with Crippen molar-refractivity contribution in [3.8, 4) is 0 Å². The summed E-state index contributed by atoms with van der Waals surface area (Å²) in [6, 6.07) is 7.61. The van der Waals surface area contributed by atoms with Gasteiger partial charge in [-0.1, -0.05) is 18.2 Å². The van der Waals surface area contributed by atoms with Gasteiger partial charge >= 0.3 is 0 Å². The van der Waals surface area contributed by atoms with Gasteiger partial charge in [0.2, 0.25) is 0 Å². The summed E-state index contributed by atoms with van der Waals surface area (Å²) in [6.07, 6.45) is 4.48. The first kappa shape index (κ1) is 15.0. The Morgan fingerprint density at radius 3 is 2.76 bits per heavy atom. The Morgan fingerprint density at radius 1 is 1.19 bits per heavy atom. The van der Waals surface area contributed by atoms with Gasteiger partial charge in [0.25, 0.3) is 0 Å². The van der Waals surface area contributed by atoms with Crippen LogP contribution in [0.1, 0.15) is 37.3 Å². The summed E-state index contributed by atoms with van der Waals surface area (Å²) in [5, 5.41) is 3.55. The van der Waals surface area contributed by atoms with E-state index in [1.54, 1.807) is 6.07 Å². The molecule has 21 heavy (non-hydrogen) atoms. The Hall–Kier alpha value is -0.910. The van der Waals surface area contributed by atoms with Crippen molar-refractivity contribution < 1.29 is 8.42 Å². The minimum atomic E-state index is -3.07. The molecule has 1 aromatic rings. The van der Waals surface area contributed by atoms with Crippen LogP contribution in [-0.4, -0.2) is 45.2 Å². The lowest BCUT2D eigenvalue weighted by Crippen LogP contribution is -2.32. The fraction of sp³-hybridized carbons (Fsp3) is 0.625. The van der Waals surface area contributed by atoms with Crippen LogP contribution < -0.4 is 5.32 Å². The molecule has 1 unspecified atom stereocenters. The summed E-state index contributed by atoms with van der Waals surface area (Å²) in [7, 11) is -3.07. The largest absolute Gasteiger partial charge is 0.310 e. The van der Waals surface area contributed by atoms with Crippen molar-refractivity contribution in [3.63, 3.8) is 0 Å². The molecular weight excluding hydrogens is 284 g/mol. The number of rotatable bonds is 5. The number of fused-ring (bicyclic) bond motifs is 1. The molecule has 0 aromatic heterocycles. The SMILES string of the molecule is O=S1(=O)CCC(NCCCN2CCCC2)c2ccccc21. The fourth-order valence-corrected chi connectivity index (χ4v) is 5.01. The van der Waals surface area contributed by atoms with Crippen molar-refractivity contribution in [1.29, 1.82) is 0 Å². The number of nitrogens with one attached hydrogen (secondary N) is 1. The van der Waals surface area contributed by atoms with Gasteiger partial charge in [-0.05, 0) is 63.5 Å². The highest BCUT2D eigenvalue weighted by Gasteiger charge is 2.29. The first-order chi connectivity index (χ1) is 10.2. The summed E-state index contributed by atoms with van der Waals surface area (Å²) in [5.74, 6) is 0.258. The molecule has 3 rings (SSSR count). The van der Waals surface area contributed by atoms with Crippen molar-refractivity contribution in [3.05, 3.63) is 29.8 Å². The fourth-order valence-electron chi connectivity index (χ4n) is 3.39. The topological polar surface area (TPSA) is 49.4 Å². The first-order valence-corrected chi connectivity index (χ1v) is 9.59. The number of hydrogen-bond donors (Lipinski definition) is 1. The monoisotopic (exact) mass is 308 g/mol. The number of hydrogen-bond acceptors (Lipinski definition) is 4. The Kier molecular flexibility index (Phi) is 4.62. The van der Waals surface area contributed by atoms with Crippen LogP contribution >= 0.6 is 0 Å². The Labute approximate surface area is 127 Å². The van der Waals surface area contributed by atoms with Crippen LogP contribution in [0.5, 0.6) is 0 Å². The van der Waals surface area contributed by atoms with Gasteiger partial charge in [-0.2, -0.15) is 0 Å². The molecule has 1 aromatic carbocycles. The van der Waals surface area contributed by atoms with Gasteiger partial charge in [-0.25, -0.2) is 8.42 Å². The van der Waals surface area contributed by atoms with Gasteiger partial charge in [0.1, 0.15) is 0 Å². The molecule has 2 aliphatic heterocycles. The van der Waals surface area contributed by atoms with Crippen LogP contribution in [0.25, 0.3) is 0 Å². The maximum Gasteiger partial charge on any atom is 0.178 e. The van der Waals surface area contributed by atoms with E-state index in [-0.39, 0.29) is 11.8 Å². The molecule has 1 fully saturated rings. The Bertz CT molecular complexity index is 580. The molecule has 1 atom stereocenters. The van der Waals surface area contributed by atoms with Crippen LogP contribution in [-0.2, 0) is 9.84 Å². The van der Waals surface area contributed by atoms with Crippen LogP contribution in [0.3, 0.4) is 0 Å². The third-order valence-electron chi connectivity index (χ3n) is 4.55. The molecule has 0 bridgehead atoms. The molecule has 1 saturated heterocycles. The van der Waals surface area contributed by atoms with E-state index in [1.807, 2.05) is 18.2 Å². The molecule has 0 amide bonds. The quantitative estimate of drug-likeness (QED) is 0.845.